The van der Waals surface area contributed by atoms with Crippen molar-refractivity contribution >= 4 is 12.1 Å². The van der Waals surface area contributed by atoms with E-state index in [1.807, 2.05) is 20.8 Å². The molecule has 0 saturated heterocycles. The number of alkyl carbamates (subject to hydrolysis) is 1. The number of ether oxygens (including phenoxy) is 2. The van der Waals surface area contributed by atoms with Crippen molar-refractivity contribution in [2.24, 2.45) is 5.41 Å². The van der Waals surface area contributed by atoms with Crippen LogP contribution >= 0.6 is 0 Å². The van der Waals surface area contributed by atoms with Gasteiger partial charge in [0.2, 0.25) is 0 Å². The van der Waals surface area contributed by atoms with E-state index in [2.05, 4.69) is 5.32 Å². The molecular formula is C12H23NO4. The summed E-state index contributed by atoms with van der Waals surface area (Å²) in [5.74, 6) is -0.467. The zero-order chi connectivity index (χ0) is 13.7. The second kappa shape index (κ2) is 5.89. The summed E-state index contributed by atoms with van der Waals surface area (Å²) in [7, 11) is 0. The van der Waals surface area contributed by atoms with Crippen LogP contribution < -0.4 is 5.32 Å². The van der Waals surface area contributed by atoms with Gasteiger partial charge >= 0.3 is 12.1 Å². The van der Waals surface area contributed by atoms with Crippen molar-refractivity contribution in [3.05, 3.63) is 0 Å². The van der Waals surface area contributed by atoms with Crippen LogP contribution in [-0.4, -0.2) is 30.8 Å². The van der Waals surface area contributed by atoms with Crippen LogP contribution in [0.1, 0.15) is 41.5 Å². The van der Waals surface area contributed by atoms with Gasteiger partial charge in [-0.25, -0.2) is 4.79 Å². The Labute approximate surface area is 103 Å². The van der Waals surface area contributed by atoms with Crippen LogP contribution in [-0.2, 0) is 14.3 Å². The van der Waals surface area contributed by atoms with E-state index < -0.39 is 17.7 Å². The van der Waals surface area contributed by atoms with Crippen LogP contribution in [0.3, 0.4) is 0 Å². The number of carbonyl (C=O) groups excluding carboxylic acids is 2. The second-order valence-corrected chi connectivity index (χ2v) is 6.08. The van der Waals surface area contributed by atoms with E-state index in [0.29, 0.717) is 6.61 Å². The molecule has 5 nitrogen and oxygen atoms in total. The molecule has 1 N–H and O–H groups in total. The third-order valence-electron chi connectivity index (χ3n) is 1.44. The molecule has 0 aromatic rings. The minimum atomic E-state index is -0.620. The van der Waals surface area contributed by atoms with Crippen LogP contribution in [0.4, 0.5) is 4.79 Å². The fourth-order valence-electron chi connectivity index (χ4n) is 0.807. The Bertz CT molecular complexity index is 273. The minimum absolute atomic E-state index is 0.0818. The highest BCUT2D eigenvalue weighted by Crippen LogP contribution is 2.12. The molecule has 17 heavy (non-hydrogen) atoms. The first kappa shape index (κ1) is 15.7. The third kappa shape index (κ3) is 11.0. The maximum absolute atomic E-state index is 11.3. The Hall–Kier alpha value is -1.26. The summed E-state index contributed by atoms with van der Waals surface area (Å²) in [6.07, 6.45) is -0.620. The minimum Gasteiger partial charge on any atom is -0.464 e. The lowest BCUT2D eigenvalue weighted by atomic mass is 9.99. The van der Waals surface area contributed by atoms with Crippen molar-refractivity contribution in [2.75, 3.05) is 13.2 Å². The number of hydrogen-bond donors (Lipinski definition) is 1. The van der Waals surface area contributed by atoms with Crippen molar-refractivity contribution < 1.29 is 19.1 Å². The highest BCUT2D eigenvalue weighted by Gasteiger charge is 2.18. The highest BCUT2D eigenvalue weighted by atomic mass is 16.6. The smallest absolute Gasteiger partial charge is 0.408 e. The summed E-state index contributed by atoms with van der Waals surface area (Å²) in [5.41, 5.74) is -0.652. The van der Waals surface area contributed by atoms with Crippen molar-refractivity contribution in [2.45, 2.75) is 47.1 Å². The fourth-order valence-corrected chi connectivity index (χ4v) is 0.807. The predicted molar refractivity (Wildman–Crippen MR) is 64.7 cm³/mol. The quantitative estimate of drug-likeness (QED) is 0.773. The molecule has 0 bridgehead atoms. The molecule has 0 radical (unpaired) electrons. The Morgan fingerprint density at radius 1 is 1.06 bits per heavy atom. The van der Waals surface area contributed by atoms with Crippen molar-refractivity contribution in [1.29, 1.82) is 0 Å². The first-order valence-corrected chi connectivity index (χ1v) is 5.62. The Kier molecular flexibility index (Phi) is 5.45. The average molecular weight is 245 g/mol. The highest BCUT2D eigenvalue weighted by molar-refractivity contribution is 5.77. The van der Waals surface area contributed by atoms with E-state index in [-0.39, 0.29) is 12.0 Å². The molecule has 0 heterocycles. The molecule has 0 saturated carbocycles. The summed E-state index contributed by atoms with van der Waals surface area (Å²) < 4.78 is 9.95. The Morgan fingerprint density at radius 3 is 2.00 bits per heavy atom. The molecule has 0 aliphatic carbocycles. The van der Waals surface area contributed by atoms with Gasteiger partial charge in [0.25, 0.3) is 0 Å². The Balaban J connectivity index is 3.82. The first-order valence-electron chi connectivity index (χ1n) is 5.62. The first-order chi connectivity index (χ1) is 7.49. The number of esters is 1. The maximum Gasteiger partial charge on any atom is 0.408 e. The molecule has 0 fully saturated rings. The van der Waals surface area contributed by atoms with Gasteiger partial charge in [-0.05, 0) is 26.2 Å². The van der Waals surface area contributed by atoms with Gasteiger partial charge in [-0.3, -0.25) is 4.79 Å². The van der Waals surface area contributed by atoms with Gasteiger partial charge in [0.05, 0.1) is 6.61 Å². The van der Waals surface area contributed by atoms with Crippen molar-refractivity contribution in [3.8, 4) is 0 Å². The Morgan fingerprint density at radius 2 is 1.59 bits per heavy atom. The van der Waals surface area contributed by atoms with Crippen LogP contribution in [0, 0.1) is 5.41 Å². The lowest BCUT2D eigenvalue weighted by molar-refractivity contribution is -0.145. The monoisotopic (exact) mass is 245 g/mol. The van der Waals surface area contributed by atoms with Gasteiger partial charge in [0, 0.05) is 0 Å². The number of carbonyl (C=O) groups is 2. The standard InChI is InChI=1S/C12H23NO4/c1-11(2,3)8-16-9(14)7-13-10(15)17-12(4,5)6/h7-8H2,1-6H3,(H,13,15). The summed E-state index contributed by atoms with van der Waals surface area (Å²) in [4.78, 5) is 22.5. The van der Waals surface area contributed by atoms with Crippen molar-refractivity contribution in [1.82, 2.24) is 5.32 Å². The predicted octanol–water partition coefficient (Wildman–Crippen LogP) is 2.10. The van der Waals surface area contributed by atoms with Gasteiger partial charge in [-0.2, -0.15) is 0 Å². The molecule has 0 unspecified atom stereocenters. The fraction of sp³-hybridized carbons (Fsp3) is 0.833. The lowest BCUT2D eigenvalue weighted by Crippen LogP contribution is -2.36. The van der Waals surface area contributed by atoms with Crippen LogP contribution in [0.2, 0.25) is 0 Å². The molecule has 0 rings (SSSR count). The van der Waals surface area contributed by atoms with E-state index in [9.17, 15) is 9.59 Å². The molecule has 0 aliphatic heterocycles. The molecule has 5 heteroatoms. The number of hydrogen-bond acceptors (Lipinski definition) is 4. The average Bonchev–Trinajstić information content (AvgIpc) is 2.07. The molecule has 0 atom stereocenters. The number of amides is 1. The van der Waals surface area contributed by atoms with E-state index in [1.165, 1.54) is 0 Å². The largest absolute Gasteiger partial charge is 0.464 e. The summed E-state index contributed by atoms with van der Waals surface area (Å²) >= 11 is 0. The van der Waals surface area contributed by atoms with Gasteiger partial charge in [0.15, 0.2) is 0 Å². The van der Waals surface area contributed by atoms with Gasteiger partial charge in [-0.1, -0.05) is 20.8 Å². The lowest BCUT2D eigenvalue weighted by Gasteiger charge is -2.20. The van der Waals surface area contributed by atoms with E-state index >= 15 is 0 Å². The van der Waals surface area contributed by atoms with Crippen LogP contribution in [0.5, 0.6) is 0 Å². The third-order valence-corrected chi connectivity index (χ3v) is 1.44. The maximum atomic E-state index is 11.3. The van der Waals surface area contributed by atoms with E-state index in [0.717, 1.165) is 0 Å². The van der Waals surface area contributed by atoms with Crippen LogP contribution in [0.25, 0.3) is 0 Å². The van der Waals surface area contributed by atoms with Gasteiger partial charge in [-0.15, -0.1) is 0 Å². The summed E-state index contributed by atoms with van der Waals surface area (Å²) in [6.45, 7) is 11.3. The van der Waals surface area contributed by atoms with Crippen LogP contribution in [0.15, 0.2) is 0 Å². The topological polar surface area (TPSA) is 64.6 Å². The zero-order valence-electron chi connectivity index (χ0n) is 11.5. The number of rotatable bonds is 3. The SMILES string of the molecule is CC(C)(C)COC(=O)CNC(=O)OC(C)(C)C. The molecule has 100 valence electrons. The summed E-state index contributed by atoms with van der Waals surface area (Å²) in [5, 5.41) is 2.34. The molecule has 1 amide bonds. The molecular weight excluding hydrogens is 222 g/mol. The zero-order valence-corrected chi connectivity index (χ0v) is 11.5. The summed E-state index contributed by atoms with van der Waals surface area (Å²) in [6, 6.07) is 0. The van der Waals surface area contributed by atoms with Crippen molar-refractivity contribution in [3.63, 3.8) is 0 Å². The van der Waals surface area contributed by atoms with Gasteiger partial charge in [0.1, 0.15) is 12.1 Å². The second-order valence-electron chi connectivity index (χ2n) is 6.08. The molecule has 0 spiro atoms. The van der Waals surface area contributed by atoms with Gasteiger partial charge < -0.3 is 14.8 Å². The number of nitrogens with one attached hydrogen (secondary N) is 1. The van der Waals surface area contributed by atoms with E-state index in [1.54, 1.807) is 20.8 Å². The molecule has 0 aromatic carbocycles. The molecule has 0 aliphatic rings. The molecule has 0 aromatic heterocycles. The normalized spacial score (nSPS) is 11.9. The van der Waals surface area contributed by atoms with E-state index in [4.69, 9.17) is 9.47 Å².